The van der Waals surface area contributed by atoms with E-state index >= 15 is 0 Å². The second-order valence-corrected chi connectivity index (χ2v) is 8.52. The van der Waals surface area contributed by atoms with Gasteiger partial charge in [0, 0.05) is 11.3 Å². The number of rotatable bonds is 7. The summed E-state index contributed by atoms with van der Waals surface area (Å²) in [4.78, 5) is 39.5. The van der Waals surface area contributed by atoms with Crippen LogP contribution in [0.3, 0.4) is 0 Å². The molecule has 35 heavy (non-hydrogen) atoms. The lowest BCUT2D eigenvalue weighted by Gasteiger charge is -2.21. The lowest BCUT2D eigenvalue weighted by Crippen LogP contribution is -2.42. The SMILES string of the molecule is O=C(O)CN(CC(F)(F)F)C(=O)c1csc(NC(=O)OCC2c3ccccc3-c3ccccc32)n1. The second kappa shape index (κ2) is 9.74. The van der Waals surface area contributed by atoms with Crippen LogP contribution in [0.15, 0.2) is 53.9 Å². The summed E-state index contributed by atoms with van der Waals surface area (Å²) >= 11 is 0.796. The number of fused-ring (bicyclic) bond motifs is 3. The average molecular weight is 505 g/mol. The van der Waals surface area contributed by atoms with E-state index in [4.69, 9.17) is 9.84 Å². The normalized spacial score (nSPS) is 12.5. The number of nitrogens with zero attached hydrogens (tertiary/aromatic N) is 2. The van der Waals surface area contributed by atoms with Crippen LogP contribution in [0.1, 0.15) is 27.5 Å². The maximum atomic E-state index is 12.7. The number of aliphatic carboxylic acids is 1. The predicted molar refractivity (Wildman–Crippen MR) is 120 cm³/mol. The topological polar surface area (TPSA) is 109 Å². The fraction of sp³-hybridized carbons (Fsp3) is 0.217. The Morgan fingerprint density at radius 1 is 1.06 bits per heavy atom. The van der Waals surface area contributed by atoms with Crippen molar-refractivity contribution >= 4 is 34.4 Å². The Bertz CT molecular complexity index is 1230. The third-order valence-corrected chi connectivity index (χ3v) is 6.02. The Kier molecular flexibility index (Phi) is 6.74. The first-order chi connectivity index (χ1) is 16.6. The molecule has 0 saturated carbocycles. The summed E-state index contributed by atoms with van der Waals surface area (Å²) in [6.45, 7) is -2.86. The van der Waals surface area contributed by atoms with Crippen molar-refractivity contribution < 1.29 is 37.4 Å². The van der Waals surface area contributed by atoms with E-state index in [1.54, 1.807) is 0 Å². The number of carbonyl (C=O) groups is 3. The molecular formula is C23H18F3N3O5S. The number of carbonyl (C=O) groups excluding carboxylic acids is 2. The molecule has 0 spiro atoms. The van der Waals surface area contributed by atoms with E-state index in [9.17, 15) is 27.6 Å². The molecule has 2 aromatic carbocycles. The molecule has 0 aliphatic heterocycles. The van der Waals surface area contributed by atoms with Gasteiger partial charge in [-0.2, -0.15) is 13.2 Å². The highest BCUT2D eigenvalue weighted by Crippen LogP contribution is 2.44. The van der Waals surface area contributed by atoms with Crippen molar-refractivity contribution in [2.24, 2.45) is 0 Å². The van der Waals surface area contributed by atoms with Gasteiger partial charge in [-0.05, 0) is 22.3 Å². The molecule has 2 N–H and O–H groups in total. The van der Waals surface area contributed by atoms with Gasteiger partial charge in [-0.1, -0.05) is 48.5 Å². The lowest BCUT2D eigenvalue weighted by molar-refractivity contribution is -0.149. The summed E-state index contributed by atoms with van der Waals surface area (Å²) in [5.74, 6) is -3.00. The Balaban J connectivity index is 1.40. The van der Waals surface area contributed by atoms with Gasteiger partial charge in [-0.25, -0.2) is 9.78 Å². The van der Waals surface area contributed by atoms with E-state index in [2.05, 4.69) is 10.3 Å². The molecule has 1 heterocycles. The van der Waals surface area contributed by atoms with Gasteiger partial charge >= 0.3 is 18.2 Å². The summed E-state index contributed by atoms with van der Waals surface area (Å²) in [6.07, 6.45) is -5.64. The summed E-state index contributed by atoms with van der Waals surface area (Å²) in [6, 6.07) is 15.6. The van der Waals surface area contributed by atoms with Gasteiger partial charge in [0.2, 0.25) is 0 Å². The fourth-order valence-electron chi connectivity index (χ4n) is 3.89. The molecule has 8 nitrogen and oxygen atoms in total. The minimum atomic E-state index is -4.79. The van der Waals surface area contributed by atoms with Gasteiger partial charge in [-0.3, -0.25) is 14.9 Å². The molecule has 1 aromatic heterocycles. The molecule has 0 radical (unpaired) electrons. The van der Waals surface area contributed by atoms with E-state index in [1.165, 1.54) is 0 Å². The Morgan fingerprint density at radius 2 is 1.66 bits per heavy atom. The van der Waals surface area contributed by atoms with Gasteiger partial charge in [0.15, 0.2) is 5.13 Å². The number of carboxylic acid groups (broad SMARTS) is 1. The molecule has 0 bridgehead atoms. The van der Waals surface area contributed by atoms with Crippen molar-refractivity contribution in [3.05, 3.63) is 70.7 Å². The number of amides is 2. The van der Waals surface area contributed by atoms with Crippen molar-refractivity contribution in [2.75, 3.05) is 25.0 Å². The van der Waals surface area contributed by atoms with E-state index in [0.717, 1.165) is 39.0 Å². The number of alkyl halides is 3. The highest BCUT2D eigenvalue weighted by Gasteiger charge is 2.35. The number of nitrogens with one attached hydrogen (secondary N) is 1. The Morgan fingerprint density at radius 3 is 2.23 bits per heavy atom. The largest absolute Gasteiger partial charge is 0.480 e. The summed E-state index contributed by atoms with van der Waals surface area (Å²) < 4.78 is 43.6. The minimum Gasteiger partial charge on any atom is -0.480 e. The number of hydrogen-bond donors (Lipinski definition) is 2. The standard InChI is InChI=1S/C23H18F3N3O5S/c24-23(25,26)12-29(9-19(30)31)20(32)18-11-35-21(27-18)28-22(33)34-10-17-15-7-3-1-5-13(15)14-6-2-4-8-16(14)17/h1-8,11,17H,9-10,12H2,(H,30,31)(H,27,28,33). The number of benzene rings is 2. The molecule has 0 unspecified atom stereocenters. The van der Waals surface area contributed by atoms with E-state index in [1.807, 2.05) is 48.5 Å². The number of carboxylic acids is 1. The fourth-order valence-corrected chi connectivity index (χ4v) is 4.56. The number of aromatic nitrogens is 1. The van der Waals surface area contributed by atoms with Crippen molar-refractivity contribution in [3.63, 3.8) is 0 Å². The van der Waals surface area contributed by atoms with Crippen LogP contribution in [0, 0.1) is 0 Å². The first-order valence-corrected chi connectivity index (χ1v) is 11.2. The summed E-state index contributed by atoms with van der Waals surface area (Å²) in [5.41, 5.74) is 3.74. The van der Waals surface area contributed by atoms with Gasteiger partial charge in [-0.15, -0.1) is 11.3 Å². The van der Waals surface area contributed by atoms with Crippen LogP contribution in [0.2, 0.25) is 0 Å². The van der Waals surface area contributed by atoms with Crippen molar-refractivity contribution in [2.45, 2.75) is 12.1 Å². The predicted octanol–water partition coefficient (Wildman–Crippen LogP) is 4.59. The smallest absolute Gasteiger partial charge is 0.413 e. The van der Waals surface area contributed by atoms with Gasteiger partial charge < -0.3 is 14.7 Å². The maximum Gasteiger partial charge on any atom is 0.413 e. The van der Waals surface area contributed by atoms with Gasteiger partial charge in [0.1, 0.15) is 25.4 Å². The third kappa shape index (κ3) is 5.60. The Labute approximate surface area is 201 Å². The van der Waals surface area contributed by atoms with Gasteiger partial charge in [0.25, 0.3) is 5.91 Å². The first-order valence-electron chi connectivity index (χ1n) is 10.3. The molecule has 0 fully saturated rings. The number of anilines is 1. The van der Waals surface area contributed by atoms with E-state index in [-0.39, 0.29) is 22.6 Å². The van der Waals surface area contributed by atoms with Crippen LogP contribution in [-0.2, 0) is 9.53 Å². The van der Waals surface area contributed by atoms with Gasteiger partial charge in [0.05, 0.1) is 0 Å². The monoisotopic (exact) mass is 505 g/mol. The quantitative estimate of drug-likeness (QED) is 0.486. The third-order valence-electron chi connectivity index (χ3n) is 5.26. The zero-order valence-corrected chi connectivity index (χ0v) is 18.7. The van der Waals surface area contributed by atoms with Crippen LogP contribution in [0.4, 0.5) is 23.1 Å². The maximum absolute atomic E-state index is 12.7. The number of halogens is 3. The molecule has 3 aromatic rings. The van der Waals surface area contributed by atoms with Crippen molar-refractivity contribution in [3.8, 4) is 11.1 Å². The number of hydrogen-bond acceptors (Lipinski definition) is 6. The first kappa shape index (κ1) is 24.2. The highest BCUT2D eigenvalue weighted by molar-refractivity contribution is 7.14. The van der Waals surface area contributed by atoms with E-state index < -0.39 is 42.9 Å². The summed E-state index contributed by atoms with van der Waals surface area (Å²) in [5, 5.41) is 12.2. The van der Waals surface area contributed by atoms with Crippen molar-refractivity contribution in [1.82, 2.24) is 9.88 Å². The zero-order chi connectivity index (χ0) is 25.2. The second-order valence-electron chi connectivity index (χ2n) is 7.66. The molecule has 1 aliphatic carbocycles. The van der Waals surface area contributed by atoms with Crippen LogP contribution >= 0.6 is 11.3 Å². The lowest BCUT2D eigenvalue weighted by atomic mass is 9.98. The molecule has 1 aliphatic rings. The van der Waals surface area contributed by atoms with E-state index in [0.29, 0.717) is 0 Å². The van der Waals surface area contributed by atoms with Crippen molar-refractivity contribution in [1.29, 1.82) is 0 Å². The minimum absolute atomic E-state index is 0.0367. The molecule has 182 valence electrons. The molecule has 2 amide bonds. The molecule has 0 saturated heterocycles. The molecule has 4 rings (SSSR count). The molecule has 12 heteroatoms. The molecular weight excluding hydrogens is 487 g/mol. The van der Waals surface area contributed by atoms with Crippen LogP contribution in [0.5, 0.6) is 0 Å². The highest BCUT2D eigenvalue weighted by atomic mass is 32.1. The number of thiazole rings is 1. The summed E-state index contributed by atoms with van der Waals surface area (Å²) in [7, 11) is 0. The molecule has 0 atom stereocenters. The number of ether oxygens (including phenoxy) is 1. The van der Waals surface area contributed by atoms with Crippen LogP contribution < -0.4 is 5.32 Å². The van der Waals surface area contributed by atoms with Crippen LogP contribution in [-0.4, -0.2) is 58.8 Å². The Hall–Kier alpha value is -3.93. The average Bonchev–Trinajstić information content (AvgIpc) is 3.38. The zero-order valence-electron chi connectivity index (χ0n) is 17.9. The van der Waals surface area contributed by atoms with Crippen LogP contribution in [0.25, 0.3) is 11.1 Å².